The Balaban J connectivity index is 1.70. The molecule has 1 aliphatic heterocycles. The van der Waals surface area contributed by atoms with E-state index < -0.39 is 0 Å². The number of aromatic nitrogens is 2. The molecule has 0 unspecified atom stereocenters. The largest absolute Gasteiger partial charge is 0.367 e. The number of hydrogen-bond acceptors (Lipinski definition) is 2. The molecule has 3 rings (SSSR count). The van der Waals surface area contributed by atoms with Crippen molar-refractivity contribution in [2.45, 2.75) is 20.3 Å². The molecule has 0 aromatic carbocycles. The second-order valence-corrected chi connectivity index (χ2v) is 6.38. The minimum atomic E-state index is 0.0253. The first-order valence-electron chi connectivity index (χ1n) is 8.33. The second kappa shape index (κ2) is 6.55. The Bertz CT molecular complexity index is 745. The van der Waals surface area contributed by atoms with Crippen molar-refractivity contribution in [3.63, 3.8) is 0 Å². The van der Waals surface area contributed by atoms with Crippen LogP contribution in [0, 0.1) is 13.8 Å². The highest BCUT2D eigenvalue weighted by Crippen LogP contribution is 2.17. The Labute approximate surface area is 142 Å². The molecule has 6 heteroatoms. The van der Waals surface area contributed by atoms with Gasteiger partial charge in [-0.2, -0.15) is 0 Å². The molecule has 0 radical (unpaired) electrons. The molecule has 3 heterocycles. The van der Waals surface area contributed by atoms with E-state index in [-0.39, 0.29) is 11.8 Å². The first-order valence-corrected chi connectivity index (χ1v) is 8.33. The summed E-state index contributed by atoms with van der Waals surface area (Å²) in [7, 11) is 1.97. The standard InChI is InChI=1S/C18H24N4O2/c1-13-11-16(14(2)20(13)3)18(24)22-8-4-7-21(9-10-22)17(23)15-5-6-19-12-15/h5-6,11-12,19H,4,7-10H2,1-3H3. The zero-order valence-electron chi connectivity index (χ0n) is 14.5. The summed E-state index contributed by atoms with van der Waals surface area (Å²) in [5.74, 6) is 0.0874. The summed E-state index contributed by atoms with van der Waals surface area (Å²) in [5.41, 5.74) is 3.50. The van der Waals surface area contributed by atoms with Gasteiger partial charge in [0.15, 0.2) is 0 Å². The number of carbonyl (C=O) groups excluding carboxylic acids is 2. The minimum absolute atomic E-state index is 0.0253. The van der Waals surface area contributed by atoms with Crippen molar-refractivity contribution in [1.29, 1.82) is 0 Å². The van der Waals surface area contributed by atoms with Gasteiger partial charge in [-0.25, -0.2) is 0 Å². The lowest BCUT2D eigenvalue weighted by Gasteiger charge is -2.22. The molecule has 1 fully saturated rings. The van der Waals surface area contributed by atoms with Crippen LogP contribution < -0.4 is 0 Å². The van der Waals surface area contributed by atoms with Gasteiger partial charge in [-0.15, -0.1) is 0 Å². The summed E-state index contributed by atoms with van der Waals surface area (Å²) in [6, 6.07) is 3.73. The number of H-pyrrole nitrogens is 1. The highest BCUT2D eigenvalue weighted by Gasteiger charge is 2.25. The fourth-order valence-electron chi connectivity index (χ4n) is 3.21. The molecular weight excluding hydrogens is 304 g/mol. The van der Waals surface area contributed by atoms with Crippen molar-refractivity contribution < 1.29 is 9.59 Å². The third-order valence-electron chi connectivity index (χ3n) is 4.92. The van der Waals surface area contributed by atoms with Crippen LogP contribution in [0.2, 0.25) is 0 Å². The van der Waals surface area contributed by atoms with E-state index in [9.17, 15) is 9.59 Å². The molecule has 2 amide bonds. The Morgan fingerprint density at radius 1 is 1.04 bits per heavy atom. The number of hydrogen-bond donors (Lipinski definition) is 1. The lowest BCUT2D eigenvalue weighted by molar-refractivity contribution is 0.0718. The number of aryl methyl sites for hydroxylation is 1. The first-order chi connectivity index (χ1) is 11.5. The van der Waals surface area contributed by atoms with Gasteiger partial charge in [0, 0.05) is 57.0 Å². The lowest BCUT2D eigenvalue weighted by Crippen LogP contribution is -2.37. The highest BCUT2D eigenvalue weighted by molar-refractivity contribution is 5.96. The monoisotopic (exact) mass is 328 g/mol. The third kappa shape index (κ3) is 2.96. The smallest absolute Gasteiger partial charge is 0.255 e. The summed E-state index contributed by atoms with van der Waals surface area (Å²) >= 11 is 0. The molecule has 1 saturated heterocycles. The van der Waals surface area contributed by atoms with E-state index in [0.29, 0.717) is 31.7 Å². The van der Waals surface area contributed by atoms with E-state index in [2.05, 4.69) is 4.98 Å². The van der Waals surface area contributed by atoms with E-state index in [1.54, 1.807) is 18.5 Å². The number of nitrogens with zero attached hydrogens (tertiary/aromatic N) is 3. The van der Waals surface area contributed by atoms with Gasteiger partial charge in [-0.1, -0.05) is 0 Å². The maximum absolute atomic E-state index is 12.8. The van der Waals surface area contributed by atoms with E-state index in [0.717, 1.165) is 23.4 Å². The molecule has 24 heavy (non-hydrogen) atoms. The zero-order valence-corrected chi connectivity index (χ0v) is 14.5. The van der Waals surface area contributed by atoms with Crippen LogP contribution in [0.25, 0.3) is 0 Å². The number of carbonyl (C=O) groups is 2. The van der Waals surface area contributed by atoms with Crippen LogP contribution in [0.4, 0.5) is 0 Å². The van der Waals surface area contributed by atoms with Crippen LogP contribution in [-0.2, 0) is 7.05 Å². The van der Waals surface area contributed by atoms with Gasteiger partial charge in [-0.05, 0) is 32.4 Å². The number of nitrogens with one attached hydrogen (secondary N) is 1. The predicted molar refractivity (Wildman–Crippen MR) is 92.1 cm³/mol. The fraction of sp³-hybridized carbons (Fsp3) is 0.444. The number of aromatic amines is 1. The topological polar surface area (TPSA) is 61.3 Å². The summed E-state index contributed by atoms with van der Waals surface area (Å²) in [6.45, 7) is 6.48. The van der Waals surface area contributed by atoms with Crippen molar-refractivity contribution in [2.75, 3.05) is 26.2 Å². The van der Waals surface area contributed by atoms with Crippen molar-refractivity contribution in [2.24, 2.45) is 7.05 Å². The Kier molecular flexibility index (Phi) is 4.46. The van der Waals surface area contributed by atoms with E-state index in [1.807, 2.05) is 41.3 Å². The van der Waals surface area contributed by atoms with Crippen molar-refractivity contribution in [1.82, 2.24) is 19.4 Å². The van der Waals surface area contributed by atoms with Gasteiger partial charge in [-0.3, -0.25) is 9.59 Å². The molecule has 0 aliphatic carbocycles. The van der Waals surface area contributed by atoms with Crippen LogP contribution >= 0.6 is 0 Å². The van der Waals surface area contributed by atoms with Crippen molar-refractivity contribution >= 4 is 11.8 Å². The molecule has 2 aromatic heterocycles. The van der Waals surface area contributed by atoms with Gasteiger partial charge in [0.05, 0.1) is 11.1 Å². The van der Waals surface area contributed by atoms with Crippen LogP contribution in [0.15, 0.2) is 24.5 Å². The highest BCUT2D eigenvalue weighted by atomic mass is 16.2. The van der Waals surface area contributed by atoms with Crippen LogP contribution in [0.1, 0.15) is 38.5 Å². The summed E-state index contributed by atoms with van der Waals surface area (Å²) < 4.78 is 2.03. The van der Waals surface area contributed by atoms with Crippen LogP contribution in [0.5, 0.6) is 0 Å². The normalized spacial score (nSPS) is 15.5. The van der Waals surface area contributed by atoms with Gasteiger partial charge >= 0.3 is 0 Å². The van der Waals surface area contributed by atoms with Crippen LogP contribution in [-0.4, -0.2) is 57.3 Å². The molecule has 2 aromatic rings. The molecule has 0 atom stereocenters. The number of rotatable bonds is 2. The summed E-state index contributed by atoms with van der Waals surface area (Å²) in [6.07, 6.45) is 4.26. The first kappa shape index (κ1) is 16.4. The molecule has 0 bridgehead atoms. The van der Waals surface area contributed by atoms with Gasteiger partial charge < -0.3 is 19.4 Å². The molecule has 0 spiro atoms. The van der Waals surface area contributed by atoms with E-state index in [1.165, 1.54) is 0 Å². The Morgan fingerprint density at radius 3 is 2.25 bits per heavy atom. The third-order valence-corrected chi connectivity index (χ3v) is 4.92. The van der Waals surface area contributed by atoms with Crippen molar-refractivity contribution in [3.05, 3.63) is 47.0 Å². The van der Waals surface area contributed by atoms with Crippen molar-refractivity contribution in [3.8, 4) is 0 Å². The quantitative estimate of drug-likeness (QED) is 0.916. The molecule has 6 nitrogen and oxygen atoms in total. The Hall–Kier alpha value is -2.50. The molecule has 1 aliphatic rings. The van der Waals surface area contributed by atoms with E-state index >= 15 is 0 Å². The van der Waals surface area contributed by atoms with Gasteiger partial charge in [0.25, 0.3) is 11.8 Å². The molecule has 0 saturated carbocycles. The predicted octanol–water partition coefficient (Wildman–Crippen LogP) is 1.96. The minimum Gasteiger partial charge on any atom is -0.367 e. The fourth-order valence-corrected chi connectivity index (χ4v) is 3.21. The maximum atomic E-state index is 12.8. The average Bonchev–Trinajstić information content (AvgIpc) is 3.11. The van der Waals surface area contributed by atoms with Gasteiger partial charge in [0.2, 0.25) is 0 Å². The number of amides is 2. The molecule has 1 N–H and O–H groups in total. The maximum Gasteiger partial charge on any atom is 0.255 e. The molecule has 128 valence electrons. The Morgan fingerprint density at radius 2 is 1.71 bits per heavy atom. The van der Waals surface area contributed by atoms with E-state index in [4.69, 9.17) is 0 Å². The van der Waals surface area contributed by atoms with Gasteiger partial charge in [0.1, 0.15) is 0 Å². The lowest BCUT2D eigenvalue weighted by atomic mass is 10.2. The zero-order chi connectivity index (χ0) is 17.3. The summed E-state index contributed by atoms with van der Waals surface area (Å²) in [4.78, 5) is 31.9. The average molecular weight is 328 g/mol. The van der Waals surface area contributed by atoms with Crippen LogP contribution in [0.3, 0.4) is 0 Å². The SMILES string of the molecule is Cc1cc(C(=O)N2CCCN(C(=O)c3cc[nH]c3)CC2)c(C)n1C. The summed E-state index contributed by atoms with van der Waals surface area (Å²) in [5, 5.41) is 0. The molecular formula is C18H24N4O2. The second-order valence-electron chi connectivity index (χ2n) is 6.38.